The molecule has 1 heterocycles. The first-order valence-electron chi connectivity index (χ1n) is 6.23. The fourth-order valence-electron chi connectivity index (χ4n) is 1.71. The van der Waals surface area contributed by atoms with Gasteiger partial charge in [0, 0.05) is 0 Å². The molecule has 1 amide bonds. The van der Waals surface area contributed by atoms with Crippen LogP contribution < -0.4 is 5.32 Å². The van der Waals surface area contributed by atoms with Gasteiger partial charge in [-0.3, -0.25) is 10.1 Å². The molecule has 0 saturated carbocycles. The number of anilines is 1. The van der Waals surface area contributed by atoms with Crippen LogP contribution in [0.4, 0.5) is 10.3 Å². The lowest BCUT2D eigenvalue weighted by Gasteiger charge is -2.05. The van der Waals surface area contributed by atoms with Crippen LogP contribution >= 0.6 is 0 Å². The molecule has 6 nitrogen and oxygen atoms in total. The molecule has 0 aliphatic carbocycles. The van der Waals surface area contributed by atoms with Gasteiger partial charge in [0.25, 0.3) is 5.91 Å². The second kappa shape index (κ2) is 6.17. The molecule has 0 unspecified atom stereocenters. The highest BCUT2D eigenvalue weighted by molar-refractivity contribution is 6.07. The van der Waals surface area contributed by atoms with Gasteiger partial charge in [0.1, 0.15) is 11.4 Å². The number of hydrogen-bond donors (Lipinski definition) is 1. The molecule has 0 saturated heterocycles. The van der Waals surface area contributed by atoms with Crippen molar-refractivity contribution in [3.05, 3.63) is 46.9 Å². The Hall–Kier alpha value is -2.70. The van der Waals surface area contributed by atoms with E-state index in [0.29, 0.717) is 0 Å². The van der Waals surface area contributed by atoms with E-state index in [1.807, 2.05) is 0 Å². The molecule has 1 aromatic carbocycles. The van der Waals surface area contributed by atoms with E-state index in [2.05, 4.69) is 10.5 Å². The van der Waals surface area contributed by atoms with Crippen molar-refractivity contribution in [1.82, 2.24) is 5.16 Å². The SMILES string of the molecule is CCOC(=O)c1c(C)noc1NC(=O)c1ccccc1F. The minimum absolute atomic E-state index is 0.0153. The first-order chi connectivity index (χ1) is 10.0. The Balaban J connectivity index is 2.27. The van der Waals surface area contributed by atoms with Crippen LogP contribution in [0.15, 0.2) is 28.8 Å². The topological polar surface area (TPSA) is 81.4 Å². The van der Waals surface area contributed by atoms with E-state index in [-0.39, 0.29) is 29.3 Å². The summed E-state index contributed by atoms with van der Waals surface area (Å²) in [6.07, 6.45) is 0. The van der Waals surface area contributed by atoms with Crippen molar-refractivity contribution >= 4 is 17.8 Å². The normalized spacial score (nSPS) is 10.2. The highest BCUT2D eigenvalue weighted by Crippen LogP contribution is 2.21. The third kappa shape index (κ3) is 3.07. The molecule has 2 rings (SSSR count). The number of nitrogens with one attached hydrogen (secondary N) is 1. The van der Waals surface area contributed by atoms with Gasteiger partial charge < -0.3 is 9.26 Å². The number of ether oxygens (including phenoxy) is 1. The predicted octanol–water partition coefficient (Wildman–Crippen LogP) is 2.55. The average Bonchev–Trinajstić information content (AvgIpc) is 2.80. The van der Waals surface area contributed by atoms with Gasteiger partial charge in [-0.05, 0) is 26.0 Å². The minimum atomic E-state index is -0.741. The van der Waals surface area contributed by atoms with E-state index in [4.69, 9.17) is 9.26 Å². The molecule has 1 aromatic heterocycles. The lowest BCUT2D eigenvalue weighted by atomic mass is 10.2. The summed E-state index contributed by atoms with van der Waals surface area (Å²) in [5.74, 6) is -2.25. The summed E-state index contributed by atoms with van der Waals surface area (Å²) in [6, 6.07) is 5.47. The highest BCUT2D eigenvalue weighted by atomic mass is 19.1. The number of rotatable bonds is 4. The standard InChI is InChI=1S/C14H13FN2O4/c1-3-20-14(19)11-8(2)17-21-13(11)16-12(18)9-6-4-5-7-10(9)15/h4-7H,3H2,1-2H3,(H,16,18). The van der Waals surface area contributed by atoms with Crippen LogP contribution in [0, 0.1) is 12.7 Å². The van der Waals surface area contributed by atoms with E-state index >= 15 is 0 Å². The first-order valence-corrected chi connectivity index (χ1v) is 6.23. The van der Waals surface area contributed by atoms with Crippen molar-refractivity contribution in [2.75, 3.05) is 11.9 Å². The third-order valence-corrected chi connectivity index (χ3v) is 2.69. The van der Waals surface area contributed by atoms with Crippen molar-refractivity contribution in [3.63, 3.8) is 0 Å². The molecule has 0 bridgehead atoms. The largest absolute Gasteiger partial charge is 0.462 e. The second-order valence-corrected chi connectivity index (χ2v) is 4.13. The molecular weight excluding hydrogens is 279 g/mol. The molecule has 110 valence electrons. The maximum atomic E-state index is 13.5. The number of esters is 1. The number of nitrogens with zero attached hydrogens (tertiary/aromatic N) is 1. The van der Waals surface area contributed by atoms with Gasteiger partial charge in [0.15, 0.2) is 0 Å². The van der Waals surface area contributed by atoms with Crippen molar-refractivity contribution in [3.8, 4) is 0 Å². The maximum Gasteiger partial charge on any atom is 0.345 e. The predicted molar refractivity (Wildman–Crippen MR) is 71.5 cm³/mol. The Kier molecular flexibility index (Phi) is 4.32. The van der Waals surface area contributed by atoms with Crippen LogP contribution in [0.1, 0.15) is 33.3 Å². The van der Waals surface area contributed by atoms with Crippen molar-refractivity contribution < 1.29 is 23.2 Å². The molecule has 0 aliphatic heterocycles. The summed E-state index contributed by atoms with van der Waals surface area (Å²) in [5.41, 5.74) is 0.125. The van der Waals surface area contributed by atoms with E-state index in [1.54, 1.807) is 6.92 Å². The lowest BCUT2D eigenvalue weighted by molar-refractivity contribution is 0.0526. The lowest BCUT2D eigenvalue weighted by Crippen LogP contribution is -2.16. The van der Waals surface area contributed by atoms with Gasteiger partial charge >= 0.3 is 5.97 Å². The number of hydrogen-bond acceptors (Lipinski definition) is 5. The van der Waals surface area contributed by atoms with Crippen LogP contribution in [0.25, 0.3) is 0 Å². The Bertz CT molecular complexity index is 681. The quantitative estimate of drug-likeness (QED) is 0.876. The number of benzene rings is 1. The smallest absolute Gasteiger partial charge is 0.345 e. The second-order valence-electron chi connectivity index (χ2n) is 4.13. The molecule has 1 N–H and O–H groups in total. The average molecular weight is 292 g/mol. The van der Waals surface area contributed by atoms with Gasteiger partial charge in [-0.15, -0.1) is 0 Å². The number of halogens is 1. The summed E-state index contributed by atoms with van der Waals surface area (Å²) in [5, 5.41) is 5.92. The summed E-state index contributed by atoms with van der Waals surface area (Å²) < 4.78 is 23.3. The Morgan fingerprint density at radius 3 is 2.76 bits per heavy atom. The molecule has 0 fully saturated rings. The summed E-state index contributed by atoms with van der Waals surface area (Å²) in [4.78, 5) is 23.8. The minimum Gasteiger partial charge on any atom is -0.462 e. The Morgan fingerprint density at radius 2 is 2.10 bits per heavy atom. The number of aryl methyl sites for hydroxylation is 1. The third-order valence-electron chi connectivity index (χ3n) is 2.69. The molecule has 21 heavy (non-hydrogen) atoms. The van der Waals surface area contributed by atoms with E-state index in [1.165, 1.54) is 25.1 Å². The van der Waals surface area contributed by atoms with Gasteiger partial charge in [-0.25, -0.2) is 9.18 Å². The molecule has 0 atom stereocenters. The molecular formula is C14H13FN2O4. The summed E-state index contributed by atoms with van der Waals surface area (Å²) in [6.45, 7) is 3.36. The Morgan fingerprint density at radius 1 is 1.38 bits per heavy atom. The van der Waals surface area contributed by atoms with E-state index in [9.17, 15) is 14.0 Å². The fourth-order valence-corrected chi connectivity index (χ4v) is 1.71. The zero-order valence-electron chi connectivity index (χ0n) is 11.5. The number of aromatic nitrogens is 1. The van der Waals surface area contributed by atoms with Crippen molar-refractivity contribution in [2.24, 2.45) is 0 Å². The Labute approximate surface area is 119 Å². The molecule has 0 aliphatic rings. The summed E-state index contributed by atoms with van der Waals surface area (Å²) >= 11 is 0. The monoisotopic (exact) mass is 292 g/mol. The van der Waals surface area contributed by atoms with Crippen LogP contribution in [0.5, 0.6) is 0 Å². The van der Waals surface area contributed by atoms with E-state index < -0.39 is 17.7 Å². The molecule has 2 aromatic rings. The van der Waals surface area contributed by atoms with Crippen molar-refractivity contribution in [1.29, 1.82) is 0 Å². The van der Waals surface area contributed by atoms with Gasteiger partial charge in [-0.2, -0.15) is 0 Å². The van der Waals surface area contributed by atoms with Crippen LogP contribution in [0.3, 0.4) is 0 Å². The van der Waals surface area contributed by atoms with Gasteiger partial charge in [-0.1, -0.05) is 17.3 Å². The number of carbonyl (C=O) groups excluding carboxylic acids is 2. The molecule has 0 radical (unpaired) electrons. The van der Waals surface area contributed by atoms with Crippen LogP contribution in [-0.4, -0.2) is 23.6 Å². The zero-order chi connectivity index (χ0) is 15.4. The molecule has 0 spiro atoms. The number of amides is 1. The van der Waals surface area contributed by atoms with Crippen LogP contribution in [0.2, 0.25) is 0 Å². The van der Waals surface area contributed by atoms with E-state index in [0.717, 1.165) is 6.07 Å². The van der Waals surface area contributed by atoms with Crippen molar-refractivity contribution in [2.45, 2.75) is 13.8 Å². The maximum absolute atomic E-state index is 13.5. The highest BCUT2D eigenvalue weighted by Gasteiger charge is 2.24. The first kappa shape index (κ1) is 14.7. The molecule has 7 heteroatoms. The van der Waals surface area contributed by atoms with Gasteiger partial charge in [0.2, 0.25) is 5.88 Å². The zero-order valence-corrected chi connectivity index (χ0v) is 11.5. The number of carbonyl (C=O) groups is 2. The fraction of sp³-hybridized carbons (Fsp3) is 0.214. The van der Waals surface area contributed by atoms with Gasteiger partial charge in [0.05, 0.1) is 17.9 Å². The summed E-state index contributed by atoms with van der Waals surface area (Å²) in [7, 11) is 0. The van der Waals surface area contributed by atoms with Crippen LogP contribution in [-0.2, 0) is 4.74 Å².